The van der Waals surface area contributed by atoms with Crippen LogP contribution in [-0.2, 0) is 16.1 Å². The molecule has 0 saturated carbocycles. The van der Waals surface area contributed by atoms with Crippen LogP contribution in [0.25, 0.3) is 0 Å². The van der Waals surface area contributed by atoms with Crippen LogP contribution in [0, 0.1) is 11.3 Å². The molecule has 0 amide bonds. The number of hydrogen-bond donors (Lipinski definition) is 1. The van der Waals surface area contributed by atoms with E-state index in [4.69, 9.17) is 26.3 Å². The van der Waals surface area contributed by atoms with Crippen molar-refractivity contribution in [1.29, 1.82) is 5.26 Å². The van der Waals surface area contributed by atoms with E-state index in [1.54, 1.807) is 0 Å². The van der Waals surface area contributed by atoms with E-state index in [9.17, 15) is 5.11 Å². The van der Waals surface area contributed by atoms with Crippen LogP contribution < -0.4 is 0 Å². The van der Waals surface area contributed by atoms with Gasteiger partial charge in [0.25, 0.3) is 0 Å². The van der Waals surface area contributed by atoms with Crippen LogP contribution in [-0.4, -0.2) is 55.1 Å². The first-order valence-corrected chi connectivity index (χ1v) is 7.29. The van der Waals surface area contributed by atoms with Gasteiger partial charge in [-0.3, -0.25) is 4.90 Å². The smallest absolute Gasteiger partial charge is 0.156 e. The van der Waals surface area contributed by atoms with E-state index in [2.05, 4.69) is 6.07 Å². The van der Waals surface area contributed by atoms with Gasteiger partial charge >= 0.3 is 0 Å². The molecular weight excluding hydrogens is 292 g/mol. The third-order valence-corrected chi connectivity index (χ3v) is 3.66. The molecule has 0 aromatic heterocycles. The van der Waals surface area contributed by atoms with Crippen molar-refractivity contribution in [2.45, 2.75) is 18.8 Å². The lowest BCUT2D eigenvalue weighted by molar-refractivity contribution is -0.0344. The topological polar surface area (TPSA) is 65.7 Å². The normalized spacial score (nSPS) is 20.9. The molecule has 2 unspecified atom stereocenters. The van der Waals surface area contributed by atoms with Crippen molar-refractivity contribution in [3.05, 3.63) is 34.9 Å². The fourth-order valence-electron chi connectivity index (χ4n) is 2.22. The minimum absolute atomic E-state index is 0.236. The standard InChI is InChI=1S/C15H19ClN2O3/c16-15-4-2-1-3-12(15)10-20-11-13(19)8-18-5-6-21-14(7-17)9-18/h1-4,13-14,19H,5-6,8-11H2. The third kappa shape index (κ3) is 5.27. The average molecular weight is 311 g/mol. The van der Waals surface area contributed by atoms with Gasteiger partial charge in [0.15, 0.2) is 6.10 Å². The zero-order valence-corrected chi connectivity index (χ0v) is 12.5. The van der Waals surface area contributed by atoms with Gasteiger partial charge in [-0.1, -0.05) is 29.8 Å². The minimum atomic E-state index is -0.593. The number of nitrogens with zero attached hydrogens (tertiary/aromatic N) is 2. The summed E-state index contributed by atoms with van der Waals surface area (Å²) < 4.78 is 10.8. The Balaban J connectivity index is 1.69. The van der Waals surface area contributed by atoms with Crippen molar-refractivity contribution in [2.75, 3.05) is 32.8 Å². The number of hydrogen-bond acceptors (Lipinski definition) is 5. The second kappa shape index (κ2) is 8.32. The summed E-state index contributed by atoms with van der Waals surface area (Å²) >= 11 is 6.03. The van der Waals surface area contributed by atoms with E-state index < -0.39 is 12.2 Å². The van der Waals surface area contributed by atoms with Gasteiger partial charge in [-0.2, -0.15) is 5.26 Å². The second-order valence-corrected chi connectivity index (χ2v) is 5.42. The van der Waals surface area contributed by atoms with Crippen LogP contribution >= 0.6 is 11.6 Å². The van der Waals surface area contributed by atoms with Crippen LogP contribution in [0.1, 0.15) is 5.56 Å². The van der Waals surface area contributed by atoms with Gasteiger partial charge in [0, 0.05) is 24.7 Å². The summed E-state index contributed by atoms with van der Waals surface area (Å²) in [5.74, 6) is 0. The summed E-state index contributed by atoms with van der Waals surface area (Å²) in [7, 11) is 0. The van der Waals surface area contributed by atoms with E-state index in [1.807, 2.05) is 29.2 Å². The van der Waals surface area contributed by atoms with Crippen molar-refractivity contribution in [1.82, 2.24) is 4.90 Å². The summed E-state index contributed by atoms with van der Waals surface area (Å²) in [5.41, 5.74) is 0.905. The van der Waals surface area contributed by atoms with Gasteiger partial charge in [0.05, 0.1) is 32.0 Å². The number of ether oxygens (including phenoxy) is 2. The zero-order valence-electron chi connectivity index (χ0n) is 11.7. The number of morpholine rings is 1. The molecule has 2 atom stereocenters. The van der Waals surface area contributed by atoms with Gasteiger partial charge in [0.1, 0.15) is 0 Å². The van der Waals surface area contributed by atoms with Crippen molar-refractivity contribution in [3.63, 3.8) is 0 Å². The Hall–Kier alpha value is -1.16. The molecule has 0 spiro atoms. The lowest BCUT2D eigenvalue weighted by Gasteiger charge is -2.31. The van der Waals surface area contributed by atoms with Gasteiger partial charge in [0.2, 0.25) is 0 Å². The molecule has 114 valence electrons. The van der Waals surface area contributed by atoms with Crippen molar-refractivity contribution >= 4 is 11.6 Å². The summed E-state index contributed by atoms with van der Waals surface area (Å²) in [4.78, 5) is 2.01. The molecule has 1 N–H and O–H groups in total. The number of aliphatic hydroxyl groups is 1. The van der Waals surface area contributed by atoms with Crippen LogP contribution in [0.3, 0.4) is 0 Å². The number of rotatable bonds is 6. The zero-order chi connectivity index (χ0) is 15.1. The highest BCUT2D eigenvalue weighted by atomic mass is 35.5. The summed E-state index contributed by atoms with van der Waals surface area (Å²) in [6.07, 6.45) is -1.00. The van der Waals surface area contributed by atoms with E-state index in [-0.39, 0.29) is 6.61 Å². The SMILES string of the molecule is N#CC1CN(CC(O)COCc2ccccc2Cl)CCO1. The summed E-state index contributed by atoms with van der Waals surface area (Å²) in [6, 6.07) is 9.56. The van der Waals surface area contributed by atoms with Gasteiger partial charge in [-0.25, -0.2) is 0 Å². The molecule has 5 nitrogen and oxygen atoms in total. The van der Waals surface area contributed by atoms with Gasteiger partial charge in [-0.15, -0.1) is 0 Å². The Morgan fingerprint density at radius 2 is 2.33 bits per heavy atom. The first-order valence-electron chi connectivity index (χ1n) is 6.92. The third-order valence-electron chi connectivity index (χ3n) is 3.29. The fourth-order valence-corrected chi connectivity index (χ4v) is 2.41. The number of nitriles is 1. The fraction of sp³-hybridized carbons (Fsp3) is 0.533. The lowest BCUT2D eigenvalue weighted by atomic mass is 10.2. The molecule has 0 bridgehead atoms. The summed E-state index contributed by atoms with van der Waals surface area (Å²) in [5, 5.41) is 19.5. The average Bonchev–Trinajstić information content (AvgIpc) is 2.49. The number of aliphatic hydroxyl groups excluding tert-OH is 1. The maximum Gasteiger partial charge on any atom is 0.156 e. The second-order valence-electron chi connectivity index (χ2n) is 5.01. The van der Waals surface area contributed by atoms with Crippen LogP contribution in [0.4, 0.5) is 0 Å². The Labute approximate surface area is 129 Å². The molecule has 1 heterocycles. The Bertz CT molecular complexity index is 492. The Morgan fingerprint density at radius 1 is 1.52 bits per heavy atom. The van der Waals surface area contributed by atoms with Crippen LogP contribution in [0.2, 0.25) is 5.02 Å². The number of β-amino-alcohol motifs (C(OH)–C–C–N with tert-alkyl or cyclic N) is 1. The van der Waals surface area contributed by atoms with E-state index in [1.165, 1.54) is 0 Å². The van der Waals surface area contributed by atoms with E-state index in [0.29, 0.717) is 31.3 Å². The maximum atomic E-state index is 9.98. The van der Waals surface area contributed by atoms with Crippen molar-refractivity contribution < 1.29 is 14.6 Å². The van der Waals surface area contributed by atoms with Crippen molar-refractivity contribution in [2.24, 2.45) is 0 Å². The molecule has 21 heavy (non-hydrogen) atoms. The van der Waals surface area contributed by atoms with Crippen LogP contribution in [0.5, 0.6) is 0 Å². The monoisotopic (exact) mass is 310 g/mol. The minimum Gasteiger partial charge on any atom is -0.389 e. The van der Waals surface area contributed by atoms with Gasteiger partial charge in [-0.05, 0) is 11.6 Å². The molecule has 6 heteroatoms. The first-order chi connectivity index (χ1) is 10.2. The quantitative estimate of drug-likeness (QED) is 0.861. The highest BCUT2D eigenvalue weighted by Crippen LogP contribution is 2.15. The van der Waals surface area contributed by atoms with Crippen molar-refractivity contribution in [3.8, 4) is 6.07 Å². The highest BCUT2D eigenvalue weighted by molar-refractivity contribution is 6.31. The largest absolute Gasteiger partial charge is 0.389 e. The van der Waals surface area contributed by atoms with Gasteiger partial charge < -0.3 is 14.6 Å². The number of halogens is 1. The molecule has 1 aliphatic heterocycles. The van der Waals surface area contributed by atoms with E-state index in [0.717, 1.165) is 12.1 Å². The molecule has 1 aromatic carbocycles. The molecule has 1 aliphatic rings. The molecule has 1 aromatic rings. The maximum absolute atomic E-state index is 9.98. The Kier molecular flexibility index (Phi) is 6.43. The molecule has 0 aliphatic carbocycles. The predicted molar refractivity (Wildman–Crippen MR) is 78.9 cm³/mol. The molecular formula is C15H19ClN2O3. The number of benzene rings is 1. The molecule has 1 saturated heterocycles. The van der Waals surface area contributed by atoms with E-state index >= 15 is 0 Å². The Morgan fingerprint density at radius 3 is 3.10 bits per heavy atom. The van der Waals surface area contributed by atoms with Crippen LogP contribution in [0.15, 0.2) is 24.3 Å². The molecule has 1 fully saturated rings. The molecule has 0 radical (unpaired) electrons. The predicted octanol–water partition coefficient (Wildman–Crippen LogP) is 1.44. The highest BCUT2D eigenvalue weighted by Gasteiger charge is 2.21. The lowest BCUT2D eigenvalue weighted by Crippen LogP contribution is -2.45. The molecule has 2 rings (SSSR count). The summed E-state index contributed by atoms with van der Waals surface area (Å²) in [6.45, 7) is 2.85. The first kappa shape index (κ1) is 16.2.